The van der Waals surface area contributed by atoms with E-state index in [0.29, 0.717) is 32.5 Å². The number of ether oxygens (including phenoxy) is 1. The number of carboxylic acid groups (broad SMARTS) is 1. The molecule has 24 heavy (non-hydrogen) atoms. The van der Waals surface area contributed by atoms with E-state index in [4.69, 9.17) is 9.84 Å². The maximum Gasteiger partial charge on any atom is 0.410 e. The van der Waals surface area contributed by atoms with Crippen LogP contribution in [0.1, 0.15) is 46.5 Å². The molecule has 0 unspecified atom stereocenters. The van der Waals surface area contributed by atoms with E-state index in [0.717, 1.165) is 12.8 Å². The quantitative estimate of drug-likeness (QED) is 0.830. The molecule has 0 aliphatic carbocycles. The van der Waals surface area contributed by atoms with Crippen molar-refractivity contribution in [1.82, 2.24) is 9.80 Å². The maximum atomic E-state index is 12.7. The fourth-order valence-electron chi connectivity index (χ4n) is 3.31. The number of rotatable bonds is 2. The molecule has 0 spiro atoms. The topological polar surface area (TPSA) is 87.2 Å². The summed E-state index contributed by atoms with van der Waals surface area (Å²) in [6.07, 6.45) is 2.43. The molecule has 2 aliphatic rings. The van der Waals surface area contributed by atoms with E-state index < -0.39 is 17.5 Å². The van der Waals surface area contributed by atoms with E-state index >= 15 is 0 Å². The van der Waals surface area contributed by atoms with Crippen LogP contribution >= 0.6 is 0 Å². The molecule has 0 saturated carbocycles. The van der Waals surface area contributed by atoms with E-state index in [2.05, 4.69) is 0 Å². The van der Waals surface area contributed by atoms with Gasteiger partial charge in [-0.15, -0.1) is 0 Å². The third-order valence-electron chi connectivity index (χ3n) is 4.50. The predicted octanol–water partition coefficient (Wildman–Crippen LogP) is 1.96. The minimum absolute atomic E-state index is 0.0331. The molecule has 7 heteroatoms. The largest absolute Gasteiger partial charge is 0.481 e. The summed E-state index contributed by atoms with van der Waals surface area (Å²) in [4.78, 5) is 39.3. The average molecular weight is 340 g/mol. The highest BCUT2D eigenvalue weighted by atomic mass is 16.6. The molecule has 136 valence electrons. The molecular formula is C17H28N2O5. The lowest BCUT2D eigenvalue weighted by molar-refractivity contribution is -0.147. The first kappa shape index (κ1) is 18.5. The van der Waals surface area contributed by atoms with Gasteiger partial charge in [0.25, 0.3) is 0 Å². The van der Waals surface area contributed by atoms with Crippen LogP contribution in [0.3, 0.4) is 0 Å². The monoisotopic (exact) mass is 340 g/mol. The smallest absolute Gasteiger partial charge is 0.410 e. The van der Waals surface area contributed by atoms with E-state index in [1.807, 2.05) is 20.8 Å². The summed E-state index contributed by atoms with van der Waals surface area (Å²) in [5.41, 5.74) is -0.560. The molecule has 0 aromatic heterocycles. The van der Waals surface area contributed by atoms with E-state index in [1.54, 1.807) is 9.80 Å². The van der Waals surface area contributed by atoms with Gasteiger partial charge in [0, 0.05) is 26.2 Å². The normalized spacial score (nSPS) is 25.3. The summed E-state index contributed by atoms with van der Waals surface area (Å²) in [5.74, 6) is -1.62. The number of carboxylic acids is 1. The molecule has 2 amide bonds. The molecule has 0 aromatic carbocycles. The Hall–Kier alpha value is -1.79. The van der Waals surface area contributed by atoms with Crippen LogP contribution in [-0.4, -0.2) is 64.7 Å². The maximum absolute atomic E-state index is 12.7. The number of likely N-dealkylation sites (tertiary alicyclic amines) is 2. The van der Waals surface area contributed by atoms with Crippen molar-refractivity contribution in [3.8, 4) is 0 Å². The SMILES string of the molecule is CC(C)(C)OC(=O)N1CCC[C@@H](C(=O)N2CCC[C@H](C(=O)O)C2)C1. The lowest BCUT2D eigenvalue weighted by atomic mass is 9.93. The fourth-order valence-corrected chi connectivity index (χ4v) is 3.31. The van der Waals surface area contributed by atoms with Crippen LogP contribution in [0.2, 0.25) is 0 Å². The van der Waals surface area contributed by atoms with Gasteiger partial charge in [-0.05, 0) is 46.5 Å². The number of carbonyl (C=O) groups is 3. The second-order valence-corrected chi connectivity index (χ2v) is 7.73. The highest BCUT2D eigenvalue weighted by Gasteiger charge is 2.35. The molecule has 0 radical (unpaired) electrons. The van der Waals surface area contributed by atoms with Crippen molar-refractivity contribution in [2.75, 3.05) is 26.2 Å². The number of nitrogens with zero attached hydrogens (tertiary/aromatic N) is 2. The van der Waals surface area contributed by atoms with Crippen LogP contribution in [0.15, 0.2) is 0 Å². The minimum atomic E-state index is -0.841. The summed E-state index contributed by atoms with van der Waals surface area (Å²) in [6, 6.07) is 0. The lowest BCUT2D eigenvalue weighted by Gasteiger charge is -2.37. The Bertz CT molecular complexity index is 500. The molecule has 0 aromatic rings. The molecule has 1 N–H and O–H groups in total. The number of hydrogen-bond acceptors (Lipinski definition) is 4. The molecule has 2 fully saturated rings. The van der Waals surface area contributed by atoms with Crippen molar-refractivity contribution in [3.05, 3.63) is 0 Å². The van der Waals surface area contributed by atoms with Crippen LogP contribution in [0, 0.1) is 11.8 Å². The van der Waals surface area contributed by atoms with Crippen molar-refractivity contribution < 1.29 is 24.2 Å². The molecule has 0 bridgehead atoms. The Morgan fingerprint density at radius 3 is 2.08 bits per heavy atom. The van der Waals surface area contributed by atoms with Crippen molar-refractivity contribution in [2.45, 2.75) is 52.1 Å². The van der Waals surface area contributed by atoms with Gasteiger partial charge < -0.3 is 19.6 Å². The summed E-state index contributed by atoms with van der Waals surface area (Å²) in [6.45, 7) is 7.27. The zero-order valence-electron chi connectivity index (χ0n) is 14.8. The molecule has 7 nitrogen and oxygen atoms in total. The second-order valence-electron chi connectivity index (χ2n) is 7.73. The summed E-state index contributed by atoms with van der Waals surface area (Å²) < 4.78 is 5.38. The van der Waals surface area contributed by atoms with Gasteiger partial charge >= 0.3 is 12.1 Å². The second kappa shape index (κ2) is 7.40. The Balaban J connectivity index is 1.95. The highest BCUT2D eigenvalue weighted by molar-refractivity contribution is 5.81. The number of piperidine rings is 2. The Morgan fingerprint density at radius 1 is 0.958 bits per heavy atom. The first-order valence-electron chi connectivity index (χ1n) is 8.67. The average Bonchev–Trinajstić information content (AvgIpc) is 2.53. The van der Waals surface area contributed by atoms with Gasteiger partial charge in [0.1, 0.15) is 5.60 Å². The third kappa shape index (κ3) is 4.85. The van der Waals surface area contributed by atoms with Gasteiger partial charge in [-0.25, -0.2) is 4.79 Å². The molecular weight excluding hydrogens is 312 g/mol. The molecule has 2 heterocycles. The van der Waals surface area contributed by atoms with E-state index in [-0.39, 0.29) is 24.5 Å². The zero-order chi connectivity index (χ0) is 17.9. The number of amides is 2. The van der Waals surface area contributed by atoms with Crippen LogP contribution < -0.4 is 0 Å². The molecule has 2 atom stereocenters. The fraction of sp³-hybridized carbons (Fsp3) is 0.824. The number of hydrogen-bond donors (Lipinski definition) is 1. The number of aliphatic carboxylic acids is 1. The minimum Gasteiger partial charge on any atom is -0.481 e. The predicted molar refractivity (Wildman–Crippen MR) is 87.5 cm³/mol. The van der Waals surface area contributed by atoms with Gasteiger partial charge in [0.05, 0.1) is 11.8 Å². The first-order chi connectivity index (χ1) is 11.2. The van der Waals surface area contributed by atoms with Gasteiger partial charge in [0.2, 0.25) is 5.91 Å². The van der Waals surface area contributed by atoms with Crippen molar-refractivity contribution in [2.24, 2.45) is 11.8 Å². The van der Waals surface area contributed by atoms with Crippen molar-refractivity contribution >= 4 is 18.0 Å². The number of carbonyl (C=O) groups excluding carboxylic acids is 2. The van der Waals surface area contributed by atoms with Gasteiger partial charge in [0.15, 0.2) is 0 Å². The van der Waals surface area contributed by atoms with Gasteiger partial charge in [-0.3, -0.25) is 9.59 Å². The van der Waals surface area contributed by atoms with Crippen LogP contribution in [0.25, 0.3) is 0 Å². The van der Waals surface area contributed by atoms with Gasteiger partial charge in [-0.1, -0.05) is 0 Å². The summed E-state index contributed by atoms with van der Waals surface area (Å²) >= 11 is 0. The molecule has 2 aliphatic heterocycles. The van der Waals surface area contributed by atoms with Gasteiger partial charge in [-0.2, -0.15) is 0 Å². The highest BCUT2D eigenvalue weighted by Crippen LogP contribution is 2.24. The van der Waals surface area contributed by atoms with Crippen LogP contribution in [-0.2, 0) is 14.3 Å². The van der Waals surface area contributed by atoms with Crippen LogP contribution in [0.5, 0.6) is 0 Å². The Kier molecular flexibility index (Phi) is 5.72. The van der Waals surface area contributed by atoms with Crippen LogP contribution in [0.4, 0.5) is 4.79 Å². The van der Waals surface area contributed by atoms with E-state index in [9.17, 15) is 14.4 Å². The lowest BCUT2D eigenvalue weighted by Crippen LogP contribution is -2.50. The third-order valence-corrected chi connectivity index (χ3v) is 4.50. The summed E-state index contributed by atoms with van der Waals surface area (Å²) in [7, 11) is 0. The first-order valence-corrected chi connectivity index (χ1v) is 8.67. The Labute approximate surface area is 142 Å². The zero-order valence-corrected chi connectivity index (χ0v) is 14.8. The van der Waals surface area contributed by atoms with E-state index in [1.165, 1.54) is 0 Å². The Morgan fingerprint density at radius 2 is 1.50 bits per heavy atom. The van der Waals surface area contributed by atoms with Crippen molar-refractivity contribution in [1.29, 1.82) is 0 Å². The summed E-state index contributed by atoms with van der Waals surface area (Å²) in [5, 5.41) is 9.16. The van der Waals surface area contributed by atoms with Crippen molar-refractivity contribution in [3.63, 3.8) is 0 Å². The molecule has 2 rings (SSSR count). The standard InChI is InChI=1S/C17H28N2O5/c1-17(2,3)24-16(23)19-9-4-6-12(10-19)14(20)18-8-5-7-13(11-18)15(21)22/h12-13H,4-11H2,1-3H3,(H,21,22)/t12-,13+/m1/s1. The molecule has 2 saturated heterocycles.